The molecule has 1 heterocycles. The Morgan fingerprint density at radius 3 is 1.91 bits per heavy atom. The summed E-state index contributed by atoms with van der Waals surface area (Å²) in [5.74, 6) is 0.00222. The number of nitrogens with zero attached hydrogens (tertiary/aromatic N) is 1. The summed E-state index contributed by atoms with van der Waals surface area (Å²) in [7, 11) is 4.50. The third kappa shape index (κ3) is 10.8. The van der Waals surface area contributed by atoms with E-state index in [0.717, 1.165) is 10.5 Å². The highest BCUT2D eigenvalue weighted by Gasteiger charge is 2.46. The second-order valence-corrected chi connectivity index (χ2v) is 13.3. The number of hydrogen-bond donors (Lipinski definition) is 1. The zero-order valence-corrected chi connectivity index (χ0v) is 28.8. The molecule has 12 nitrogen and oxygen atoms in total. The molecule has 0 unspecified atom stereocenters. The fourth-order valence-electron chi connectivity index (χ4n) is 5.23. The molecule has 3 rings (SSSR count). The van der Waals surface area contributed by atoms with Gasteiger partial charge in [0.25, 0.3) is 0 Å². The van der Waals surface area contributed by atoms with Crippen molar-refractivity contribution in [1.29, 1.82) is 0 Å². The molecule has 1 saturated heterocycles. The number of hydrogen-bond acceptors (Lipinski definition) is 10. The molecule has 2 aromatic carbocycles. The Kier molecular flexibility index (Phi) is 12.5. The number of amides is 3. The number of benzene rings is 2. The fraction of sp³-hybridized carbons (Fsp3) is 0.543. The minimum absolute atomic E-state index is 0.0183. The lowest BCUT2D eigenvalue weighted by Gasteiger charge is -2.35. The lowest BCUT2D eigenvalue weighted by Crippen LogP contribution is -2.53. The van der Waals surface area contributed by atoms with E-state index in [2.05, 4.69) is 5.32 Å². The standard InChI is InChI=1S/C35H48N2O10/c1-34(2,3)46-32(40)37(33(41)47-35(4,5)6)25(26-20-24(31(39)45-26)17-22-13-11-10-12-14-22)15-16-29(38)36-21-23-18-27(42-7)30(44-9)28(19-23)43-8/h10-14,18-19,24-26H,15-17,20-21H2,1-9H3,(H,36,38)/t24-,25+,26-/m1/s1. The summed E-state index contributed by atoms with van der Waals surface area (Å²) < 4.78 is 33.2. The van der Waals surface area contributed by atoms with Crippen LogP contribution in [0.3, 0.4) is 0 Å². The third-order valence-corrected chi connectivity index (χ3v) is 7.27. The molecule has 0 aromatic heterocycles. The highest BCUT2D eigenvalue weighted by atomic mass is 16.6. The molecule has 3 atom stereocenters. The van der Waals surface area contributed by atoms with Crippen molar-refractivity contribution in [1.82, 2.24) is 10.2 Å². The van der Waals surface area contributed by atoms with Crippen LogP contribution in [0.1, 0.15) is 71.9 Å². The second kappa shape index (κ2) is 15.9. The number of carbonyl (C=O) groups excluding carboxylic acids is 4. The Hall–Kier alpha value is -4.48. The van der Waals surface area contributed by atoms with Gasteiger partial charge in [-0.05, 0) is 77.6 Å². The predicted molar refractivity (Wildman–Crippen MR) is 173 cm³/mol. The van der Waals surface area contributed by atoms with Crippen molar-refractivity contribution in [2.24, 2.45) is 5.92 Å². The Balaban J connectivity index is 1.87. The third-order valence-electron chi connectivity index (χ3n) is 7.27. The highest BCUT2D eigenvalue weighted by Crippen LogP contribution is 2.38. The van der Waals surface area contributed by atoms with Crippen LogP contribution in [-0.2, 0) is 36.8 Å². The van der Waals surface area contributed by atoms with Gasteiger partial charge in [-0.25, -0.2) is 14.5 Å². The van der Waals surface area contributed by atoms with E-state index in [9.17, 15) is 19.2 Å². The van der Waals surface area contributed by atoms with Gasteiger partial charge in [-0.3, -0.25) is 9.59 Å². The maximum Gasteiger partial charge on any atom is 0.420 e. The van der Waals surface area contributed by atoms with Gasteiger partial charge in [0.2, 0.25) is 11.7 Å². The second-order valence-electron chi connectivity index (χ2n) is 13.3. The van der Waals surface area contributed by atoms with E-state index in [-0.39, 0.29) is 31.7 Å². The molecule has 0 saturated carbocycles. The average Bonchev–Trinajstić information content (AvgIpc) is 3.35. The van der Waals surface area contributed by atoms with Gasteiger partial charge in [0.1, 0.15) is 17.3 Å². The summed E-state index contributed by atoms with van der Waals surface area (Å²) in [5.41, 5.74) is -0.236. The first kappa shape index (κ1) is 37.0. The van der Waals surface area contributed by atoms with E-state index in [1.807, 2.05) is 30.3 Å². The summed E-state index contributed by atoms with van der Waals surface area (Å²) in [6.45, 7) is 10.2. The first-order valence-electron chi connectivity index (χ1n) is 15.6. The van der Waals surface area contributed by atoms with Gasteiger partial charge in [-0.2, -0.15) is 0 Å². The van der Waals surface area contributed by atoms with Gasteiger partial charge in [0.15, 0.2) is 11.5 Å². The smallest absolute Gasteiger partial charge is 0.420 e. The lowest BCUT2D eigenvalue weighted by molar-refractivity contribution is -0.146. The van der Waals surface area contributed by atoms with Crippen LogP contribution in [0.2, 0.25) is 0 Å². The van der Waals surface area contributed by atoms with Gasteiger partial charge in [-0.15, -0.1) is 0 Å². The molecule has 258 valence electrons. The van der Waals surface area contributed by atoms with Crippen LogP contribution in [0.25, 0.3) is 0 Å². The minimum atomic E-state index is -1.05. The van der Waals surface area contributed by atoms with Crippen molar-refractivity contribution in [2.45, 2.75) is 97.1 Å². The van der Waals surface area contributed by atoms with Crippen molar-refractivity contribution >= 4 is 24.1 Å². The molecule has 2 aromatic rings. The number of nitrogens with one attached hydrogen (secondary N) is 1. The number of rotatable bonds is 12. The monoisotopic (exact) mass is 656 g/mol. The Morgan fingerprint density at radius 1 is 0.872 bits per heavy atom. The van der Waals surface area contributed by atoms with Crippen molar-refractivity contribution < 1.29 is 47.6 Å². The molecule has 1 aliphatic rings. The van der Waals surface area contributed by atoms with Gasteiger partial charge in [0.05, 0.1) is 33.3 Å². The molecule has 1 aliphatic heterocycles. The maximum absolute atomic E-state index is 13.6. The topological polar surface area (TPSA) is 139 Å². The van der Waals surface area contributed by atoms with Crippen molar-refractivity contribution in [3.05, 3.63) is 53.6 Å². The highest BCUT2D eigenvalue weighted by molar-refractivity contribution is 5.89. The minimum Gasteiger partial charge on any atom is -0.493 e. The Morgan fingerprint density at radius 2 is 1.43 bits per heavy atom. The van der Waals surface area contributed by atoms with Gasteiger partial charge in [-0.1, -0.05) is 30.3 Å². The number of ether oxygens (including phenoxy) is 6. The quantitative estimate of drug-likeness (QED) is 0.220. The fourth-order valence-corrected chi connectivity index (χ4v) is 5.23. The maximum atomic E-state index is 13.6. The molecule has 0 radical (unpaired) electrons. The summed E-state index contributed by atoms with van der Waals surface area (Å²) in [6.07, 6.45) is -2.28. The van der Waals surface area contributed by atoms with E-state index in [0.29, 0.717) is 29.2 Å². The van der Waals surface area contributed by atoms with E-state index < -0.39 is 47.4 Å². The number of imide groups is 1. The van der Waals surface area contributed by atoms with E-state index in [1.54, 1.807) is 53.7 Å². The van der Waals surface area contributed by atoms with E-state index >= 15 is 0 Å². The molecule has 12 heteroatoms. The summed E-state index contributed by atoms with van der Waals surface area (Å²) in [6, 6.07) is 11.9. The van der Waals surface area contributed by atoms with Gasteiger partial charge >= 0.3 is 18.2 Å². The number of esters is 1. The van der Waals surface area contributed by atoms with Crippen molar-refractivity contribution in [3.8, 4) is 17.2 Å². The molecule has 1 N–H and O–H groups in total. The first-order valence-corrected chi connectivity index (χ1v) is 15.6. The lowest BCUT2D eigenvalue weighted by atomic mass is 9.92. The molecule has 47 heavy (non-hydrogen) atoms. The Bertz CT molecular complexity index is 1340. The van der Waals surface area contributed by atoms with Crippen LogP contribution in [0.15, 0.2) is 42.5 Å². The van der Waals surface area contributed by atoms with Crippen molar-refractivity contribution in [3.63, 3.8) is 0 Å². The van der Waals surface area contributed by atoms with Crippen LogP contribution in [0, 0.1) is 5.92 Å². The molecular formula is C35H48N2O10. The van der Waals surface area contributed by atoms with E-state index in [1.165, 1.54) is 21.3 Å². The Labute approximate surface area is 277 Å². The summed E-state index contributed by atoms with van der Waals surface area (Å²) in [5, 5.41) is 2.86. The average molecular weight is 657 g/mol. The van der Waals surface area contributed by atoms with Gasteiger partial charge in [0, 0.05) is 19.4 Å². The molecule has 1 fully saturated rings. The first-order chi connectivity index (χ1) is 22.0. The van der Waals surface area contributed by atoms with Crippen LogP contribution in [-0.4, -0.2) is 73.6 Å². The molecule has 0 aliphatic carbocycles. The zero-order valence-electron chi connectivity index (χ0n) is 28.8. The van der Waals surface area contributed by atoms with Crippen LogP contribution < -0.4 is 19.5 Å². The van der Waals surface area contributed by atoms with E-state index in [4.69, 9.17) is 28.4 Å². The predicted octanol–water partition coefficient (Wildman–Crippen LogP) is 5.82. The molecule has 0 spiro atoms. The van der Waals surface area contributed by atoms with Crippen LogP contribution in [0.5, 0.6) is 17.2 Å². The van der Waals surface area contributed by atoms with Crippen molar-refractivity contribution in [2.75, 3.05) is 21.3 Å². The zero-order chi connectivity index (χ0) is 34.9. The summed E-state index contributed by atoms with van der Waals surface area (Å²) in [4.78, 5) is 54.3. The molecule has 0 bridgehead atoms. The van der Waals surface area contributed by atoms with Crippen LogP contribution >= 0.6 is 0 Å². The number of carbonyl (C=O) groups is 4. The van der Waals surface area contributed by atoms with Gasteiger partial charge < -0.3 is 33.7 Å². The SMILES string of the molecule is COc1cc(CNC(=O)CC[C@@H]([C@H]2C[C@@H](Cc3ccccc3)C(=O)O2)N(C(=O)OC(C)(C)C)C(=O)OC(C)(C)C)cc(OC)c1OC. The number of methoxy groups -OCH3 is 3. The molecule has 3 amide bonds. The number of cyclic esters (lactones) is 1. The largest absolute Gasteiger partial charge is 0.493 e. The normalized spacial score (nSPS) is 16.8. The van der Waals surface area contributed by atoms with Crippen LogP contribution in [0.4, 0.5) is 9.59 Å². The molecular weight excluding hydrogens is 608 g/mol. The summed E-state index contributed by atoms with van der Waals surface area (Å²) >= 11 is 0.